The molecule has 3 rings (SSSR count). The van der Waals surface area contributed by atoms with Crippen LogP contribution in [0, 0.1) is 0 Å². The monoisotopic (exact) mass is 332 g/mol. The van der Waals surface area contributed by atoms with Crippen molar-refractivity contribution in [1.29, 1.82) is 0 Å². The van der Waals surface area contributed by atoms with E-state index in [-0.39, 0.29) is 12.1 Å². The van der Waals surface area contributed by atoms with Gasteiger partial charge in [-0.15, -0.1) is 0 Å². The summed E-state index contributed by atoms with van der Waals surface area (Å²) in [6, 6.07) is 7.44. The first-order valence-electron chi connectivity index (χ1n) is 8.28. The lowest BCUT2D eigenvalue weighted by Crippen LogP contribution is -2.48. The molecule has 2 aliphatic rings. The lowest BCUT2D eigenvalue weighted by molar-refractivity contribution is -0.136. The number of esters is 1. The Morgan fingerprint density at radius 2 is 2.00 bits per heavy atom. The Balaban J connectivity index is 1.50. The van der Waals surface area contributed by atoms with Gasteiger partial charge >= 0.3 is 5.97 Å². The van der Waals surface area contributed by atoms with E-state index in [0.717, 1.165) is 38.4 Å². The molecule has 2 aliphatic heterocycles. The molecule has 130 valence electrons. The Kier molecular flexibility index (Phi) is 4.94. The van der Waals surface area contributed by atoms with E-state index in [2.05, 4.69) is 9.80 Å². The second kappa shape index (κ2) is 7.13. The fourth-order valence-electron chi connectivity index (χ4n) is 3.38. The Morgan fingerprint density at radius 1 is 1.29 bits per heavy atom. The number of phenolic OH excluding ortho intramolecular Hbond substituents is 1. The minimum Gasteiger partial charge on any atom is -0.506 e. The molecule has 1 saturated heterocycles. The molecule has 2 heterocycles. The number of anilines is 1. The first-order valence-corrected chi connectivity index (χ1v) is 8.28. The molecule has 6 nitrogen and oxygen atoms in total. The van der Waals surface area contributed by atoms with Crippen LogP contribution in [-0.2, 0) is 14.3 Å². The van der Waals surface area contributed by atoms with Gasteiger partial charge in [-0.2, -0.15) is 0 Å². The van der Waals surface area contributed by atoms with Gasteiger partial charge in [0.15, 0.2) is 0 Å². The molecule has 0 aliphatic carbocycles. The third-order valence-electron chi connectivity index (χ3n) is 4.69. The number of carbonyl (C=O) groups is 1. The molecule has 1 fully saturated rings. The van der Waals surface area contributed by atoms with Crippen LogP contribution in [0.1, 0.15) is 13.3 Å². The average Bonchev–Trinajstić information content (AvgIpc) is 2.96. The molecule has 0 bridgehead atoms. The zero-order valence-electron chi connectivity index (χ0n) is 14.2. The summed E-state index contributed by atoms with van der Waals surface area (Å²) in [5, 5.41) is 9.97. The van der Waals surface area contributed by atoms with Crippen molar-refractivity contribution >= 4 is 11.7 Å². The van der Waals surface area contributed by atoms with Crippen LogP contribution in [0.15, 0.2) is 35.6 Å². The van der Waals surface area contributed by atoms with Crippen molar-refractivity contribution in [2.24, 2.45) is 0 Å². The third kappa shape index (κ3) is 3.48. The molecule has 0 unspecified atom stereocenters. The van der Waals surface area contributed by atoms with Crippen LogP contribution in [0.3, 0.4) is 0 Å². The van der Waals surface area contributed by atoms with Crippen molar-refractivity contribution in [2.45, 2.75) is 19.4 Å². The van der Waals surface area contributed by atoms with Crippen molar-refractivity contribution in [2.75, 3.05) is 44.7 Å². The molecule has 0 saturated carbocycles. The van der Waals surface area contributed by atoms with Gasteiger partial charge in [-0.1, -0.05) is 12.1 Å². The van der Waals surface area contributed by atoms with Crippen LogP contribution >= 0.6 is 0 Å². The highest BCUT2D eigenvalue weighted by molar-refractivity contribution is 5.89. The Bertz CT molecular complexity index is 636. The van der Waals surface area contributed by atoms with Gasteiger partial charge in [-0.3, -0.25) is 4.90 Å². The summed E-state index contributed by atoms with van der Waals surface area (Å²) in [7, 11) is 1.40. The van der Waals surface area contributed by atoms with Crippen molar-refractivity contribution in [3.63, 3.8) is 0 Å². The van der Waals surface area contributed by atoms with Crippen LogP contribution in [0.25, 0.3) is 0 Å². The molecule has 1 aromatic rings. The number of nitrogens with zero attached hydrogens (tertiary/aromatic N) is 2. The highest BCUT2D eigenvalue weighted by atomic mass is 16.5. The van der Waals surface area contributed by atoms with Crippen LogP contribution in [0.4, 0.5) is 5.69 Å². The van der Waals surface area contributed by atoms with Crippen molar-refractivity contribution in [3.8, 4) is 5.75 Å². The van der Waals surface area contributed by atoms with E-state index >= 15 is 0 Å². The third-order valence-corrected chi connectivity index (χ3v) is 4.69. The Hall–Kier alpha value is -2.21. The van der Waals surface area contributed by atoms with Gasteiger partial charge in [0.1, 0.15) is 17.6 Å². The predicted molar refractivity (Wildman–Crippen MR) is 91.0 cm³/mol. The maximum absolute atomic E-state index is 11.7. The van der Waals surface area contributed by atoms with E-state index in [9.17, 15) is 9.90 Å². The second-order valence-electron chi connectivity index (χ2n) is 6.25. The largest absolute Gasteiger partial charge is 0.506 e. The number of piperazine rings is 1. The molecule has 1 atom stereocenters. The van der Waals surface area contributed by atoms with Gasteiger partial charge in [-0.05, 0) is 19.1 Å². The number of ether oxygens (including phenoxy) is 2. The van der Waals surface area contributed by atoms with Crippen LogP contribution in [0.5, 0.6) is 5.75 Å². The number of aromatic hydroxyl groups is 1. The van der Waals surface area contributed by atoms with Crippen molar-refractivity contribution in [1.82, 2.24) is 4.90 Å². The zero-order chi connectivity index (χ0) is 17.1. The lowest BCUT2D eigenvalue weighted by Gasteiger charge is -2.37. The van der Waals surface area contributed by atoms with E-state index in [0.29, 0.717) is 23.5 Å². The summed E-state index contributed by atoms with van der Waals surface area (Å²) < 4.78 is 10.6. The van der Waals surface area contributed by atoms with Gasteiger partial charge < -0.3 is 19.5 Å². The number of phenols is 1. The number of carbonyl (C=O) groups excluding carboxylic acids is 1. The van der Waals surface area contributed by atoms with Crippen molar-refractivity contribution in [3.05, 3.63) is 35.6 Å². The first-order chi connectivity index (χ1) is 11.6. The van der Waals surface area contributed by atoms with Gasteiger partial charge in [0, 0.05) is 39.1 Å². The summed E-state index contributed by atoms with van der Waals surface area (Å²) in [6.07, 6.45) is 0.619. The first kappa shape index (κ1) is 16.6. The molecule has 0 aromatic heterocycles. The quantitative estimate of drug-likeness (QED) is 0.848. The molecular formula is C18H24N2O4. The molecule has 6 heteroatoms. The normalized spacial score (nSPS) is 21.8. The van der Waals surface area contributed by atoms with E-state index in [1.54, 1.807) is 6.07 Å². The van der Waals surface area contributed by atoms with Gasteiger partial charge in [0.05, 0.1) is 18.4 Å². The number of hydrogen-bond donors (Lipinski definition) is 1. The van der Waals surface area contributed by atoms with E-state index < -0.39 is 0 Å². The molecule has 0 spiro atoms. The average molecular weight is 332 g/mol. The topological polar surface area (TPSA) is 62.2 Å². The zero-order valence-corrected chi connectivity index (χ0v) is 14.2. The minimum atomic E-state index is -0.292. The number of hydrogen-bond acceptors (Lipinski definition) is 6. The lowest BCUT2D eigenvalue weighted by atomic mass is 10.1. The number of rotatable bonds is 4. The van der Waals surface area contributed by atoms with E-state index in [4.69, 9.17) is 9.47 Å². The van der Waals surface area contributed by atoms with Crippen LogP contribution < -0.4 is 4.90 Å². The summed E-state index contributed by atoms with van der Waals surface area (Å²) in [5.74, 6) is 0.715. The summed E-state index contributed by atoms with van der Waals surface area (Å²) in [6.45, 7) is 6.15. The number of para-hydroxylation sites is 2. The number of allylic oxidation sites excluding steroid dienone is 1. The molecule has 0 amide bonds. The van der Waals surface area contributed by atoms with Crippen LogP contribution in [0.2, 0.25) is 0 Å². The fraction of sp³-hybridized carbons (Fsp3) is 0.500. The van der Waals surface area contributed by atoms with Gasteiger partial charge in [-0.25, -0.2) is 4.79 Å². The Labute approximate surface area is 142 Å². The second-order valence-corrected chi connectivity index (χ2v) is 6.25. The summed E-state index contributed by atoms with van der Waals surface area (Å²) in [4.78, 5) is 16.2. The van der Waals surface area contributed by atoms with E-state index in [1.165, 1.54) is 7.11 Å². The van der Waals surface area contributed by atoms with Gasteiger partial charge in [0.2, 0.25) is 0 Å². The predicted octanol–water partition coefficient (Wildman–Crippen LogP) is 1.75. The number of benzene rings is 1. The minimum absolute atomic E-state index is 0.00998. The standard InChI is InChI=1S/C18H24N2O4/c1-13-15(18(22)23-2)11-14(24-13)12-19-7-9-20(10-8-19)16-5-3-4-6-17(16)21/h3-6,14,21H,7-12H2,1-2H3/t14-/m0/s1. The molecule has 1 aromatic carbocycles. The molecule has 0 radical (unpaired) electrons. The summed E-state index contributed by atoms with van der Waals surface area (Å²) in [5.41, 5.74) is 1.54. The maximum atomic E-state index is 11.7. The SMILES string of the molecule is COC(=O)C1=C(C)O[C@H](CN2CCN(c3ccccc3O)CC2)C1. The Morgan fingerprint density at radius 3 is 2.67 bits per heavy atom. The van der Waals surface area contributed by atoms with E-state index in [1.807, 2.05) is 25.1 Å². The highest BCUT2D eigenvalue weighted by Gasteiger charge is 2.30. The van der Waals surface area contributed by atoms with Crippen LogP contribution in [-0.4, -0.2) is 61.9 Å². The molecular weight excluding hydrogens is 308 g/mol. The van der Waals surface area contributed by atoms with Gasteiger partial charge in [0.25, 0.3) is 0 Å². The highest BCUT2D eigenvalue weighted by Crippen LogP contribution is 2.29. The molecule has 1 N–H and O–H groups in total. The maximum Gasteiger partial charge on any atom is 0.337 e. The van der Waals surface area contributed by atoms with Crippen molar-refractivity contribution < 1.29 is 19.4 Å². The smallest absolute Gasteiger partial charge is 0.337 e. The molecule has 24 heavy (non-hydrogen) atoms. The number of methoxy groups -OCH3 is 1. The fourth-order valence-corrected chi connectivity index (χ4v) is 3.38. The summed E-state index contributed by atoms with van der Waals surface area (Å²) >= 11 is 0.